The first kappa shape index (κ1) is 20.4. The van der Waals surface area contributed by atoms with E-state index in [2.05, 4.69) is 41.3 Å². The van der Waals surface area contributed by atoms with Crippen LogP contribution in [0.15, 0.2) is 23.2 Å². The summed E-state index contributed by atoms with van der Waals surface area (Å²) >= 11 is 0. The van der Waals surface area contributed by atoms with Crippen LogP contribution in [0.3, 0.4) is 0 Å². The number of nitrogens with one attached hydrogen (secondary N) is 2. The van der Waals surface area contributed by atoms with Crippen LogP contribution < -0.4 is 20.1 Å². The first-order chi connectivity index (χ1) is 12.5. The topological polar surface area (TPSA) is 58.1 Å². The standard InChI is InChI=1S/C20H34N4O2/c1-14(2)24-12-15(3)18(13-24)23-20(21-4)22-10-9-16-11-17(25-5)7-8-19(16)26-6/h7-8,11,14-15,18H,9-10,12-13H2,1-6H3,(H2,21,22,23). The molecule has 1 fully saturated rings. The molecule has 2 atom stereocenters. The van der Waals surface area contributed by atoms with E-state index in [0.29, 0.717) is 18.0 Å². The summed E-state index contributed by atoms with van der Waals surface area (Å²) in [7, 11) is 5.20. The Morgan fingerprint density at radius 2 is 2.04 bits per heavy atom. The average molecular weight is 363 g/mol. The molecule has 0 spiro atoms. The molecule has 0 aromatic heterocycles. The lowest BCUT2D eigenvalue weighted by atomic mass is 10.1. The zero-order valence-corrected chi connectivity index (χ0v) is 17.0. The molecule has 146 valence electrons. The van der Waals surface area contributed by atoms with E-state index in [9.17, 15) is 0 Å². The van der Waals surface area contributed by atoms with Crippen molar-refractivity contribution in [1.82, 2.24) is 15.5 Å². The summed E-state index contributed by atoms with van der Waals surface area (Å²) in [5, 5.41) is 7.00. The highest BCUT2D eigenvalue weighted by molar-refractivity contribution is 5.80. The van der Waals surface area contributed by atoms with Gasteiger partial charge in [0.1, 0.15) is 11.5 Å². The number of hydrogen-bond acceptors (Lipinski definition) is 4. The van der Waals surface area contributed by atoms with Crippen LogP contribution in [0.2, 0.25) is 0 Å². The molecule has 6 heteroatoms. The zero-order chi connectivity index (χ0) is 19.1. The summed E-state index contributed by atoms with van der Waals surface area (Å²) in [4.78, 5) is 6.89. The Hall–Kier alpha value is -1.95. The van der Waals surface area contributed by atoms with Crippen molar-refractivity contribution in [1.29, 1.82) is 0 Å². The molecule has 0 bridgehead atoms. The molecule has 0 aliphatic carbocycles. The average Bonchev–Trinajstić information content (AvgIpc) is 3.01. The Labute approximate surface area is 158 Å². The van der Waals surface area contributed by atoms with Gasteiger partial charge in [0, 0.05) is 38.8 Å². The van der Waals surface area contributed by atoms with Gasteiger partial charge in [-0.3, -0.25) is 9.89 Å². The second kappa shape index (κ2) is 9.67. The molecular formula is C20H34N4O2. The van der Waals surface area contributed by atoms with Crippen LogP contribution in [0.1, 0.15) is 26.3 Å². The van der Waals surface area contributed by atoms with E-state index in [1.165, 1.54) is 0 Å². The van der Waals surface area contributed by atoms with Gasteiger partial charge >= 0.3 is 0 Å². The summed E-state index contributed by atoms with van der Waals surface area (Å²) in [5.41, 5.74) is 1.12. The number of guanidine groups is 1. The van der Waals surface area contributed by atoms with Crippen LogP contribution in [0.5, 0.6) is 11.5 Å². The molecule has 2 unspecified atom stereocenters. The van der Waals surface area contributed by atoms with Crippen LogP contribution in [-0.2, 0) is 6.42 Å². The van der Waals surface area contributed by atoms with E-state index < -0.39 is 0 Å². The van der Waals surface area contributed by atoms with E-state index in [4.69, 9.17) is 9.47 Å². The molecule has 1 aliphatic heterocycles. The molecule has 0 amide bonds. The van der Waals surface area contributed by atoms with E-state index in [-0.39, 0.29) is 0 Å². The van der Waals surface area contributed by atoms with E-state index in [1.54, 1.807) is 14.2 Å². The number of likely N-dealkylation sites (tertiary alicyclic amines) is 1. The fourth-order valence-corrected chi connectivity index (χ4v) is 3.38. The summed E-state index contributed by atoms with van der Waals surface area (Å²) < 4.78 is 10.8. The van der Waals surface area contributed by atoms with Crippen molar-refractivity contribution < 1.29 is 9.47 Å². The summed E-state index contributed by atoms with van der Waals surface area (Å²) in [6.07, 6.45) is 0.833. The molecule has 1 aromatic rings. The molecule has 2 rings (SSSR count). The van der Waals surface area contributed by atoms with Gasteiger partial charge in [0.2, 0.25) is 0 Å². The Morgan fingerprint density at radius 1 is 1.27 bits per heavy atom. The second-order valence-corrected chi connectivity index (χ2v) is 7.20. The molecule has 2 N–H and O–H groups in total. The number of ether oxygens (including phenoxy) is 2. The van der Waals surface area contributed by atoms with Crippen LogP contribution in [-0.4, -0.2) is 63.8 Å². The molecule has 6 nitrogen and oxygen atoms in total. The second-order valence-electron chi connectivity index (χ2n) is 7.20. The van der Waals surface area contributed by atoms with Crippen LogP contribution in [0, 0.1) is 5.92 Å². The van der Waals surface area contributed by atoms with Crippen molar-refractivity contribution in [3.63, 3.8) is 0 Å². The maximum Gasteiger partial charge on any atom is 0.191 e. The Morgan fingerprint density at radius 3 is 2.62 bits per heavy atom. The van der Waals surface area contributed by atoms with Crippen molar-refractivity contribution in [3.05, 3.63) is 23.8 Å². The lowest BCUT2D eigenvalue weighted by Crippen LogP contribution is -2.47. The summed E-state index contributed by atoms with van der Waals surface area (Å²) in [5.74, 6) is 3.19. The predicted molar refractivity (Wildman–Crippen MR) is 107 cm³/mol. The van der Waals surface area contributed by atoms with Crippen LogP contribution in [0.4, 0.5) is 0 Å². The van der Waals surface area contributed by atoms with Crippen molar-refractivity contribution in [2.24, 2.45) is 10.9 Å². The highest BCUT2D eigenvalue weighted by Crippen LogP contribution is 2.24. The van der Waals surface area contributed by atoms with Gasteiger partial charge in [0.25, 0.3) is 0 Å². The minimum atomic E-state index is 0.426. The maximum absolute atomic E-state index is 5.45. The molecule has 0 saturated carbocycles. The van der Waals surface area contributed by atoms with Crippen molar-refractivity contribution >= 4 is 5.96 Å². The predicted octanol–water partition coefficient (Wildman–Crippen LogP) is 2.14. The molecule has 1 aromatic carbocycles. The van der Waals surface area contributed by atoms with Gasteiger partial charge in [-0.2, -0.15) is 0 Å². The molecule has 1 aliphatic rings. The number of methoxy groups -OCH3 is 2. The van der Waals surface area contributed by atoms with Gasteiger partial charge in [-0.25, -0.2) is 0 Å². The molecule has 0 radical (unpaired) electrons. The van der Waals surface area contributed by atoms with E-state index in [1.807, 2.05) is 25.2 Å². The first-order valence-corrected chi connectivity index (χ1v) is 9.40. The summed E-state index contributed by atoms with van der Waals surface area (Å²) in [6, 6.07) is 6.89. The quantitative estimate of drug-likeness (QED) is 0.575. The van der Waals surface area contributed by atoms with Crippen molar-refractivity contribution in [2.75, 3.05) is 40.9 Å². The molecular weight excluding hydrogens is 328 g/mol. The third-order valence-electron chi connectivity index (χ3n) is 5.09. The molecule has 26 heavy (non-hydrogen) atoms. The fraction of sp³-hybridized carbons (Fsp3) is 0.650. The number of benzene rings is 1. The molecule has 1 saturated heterocycles. The Kier molecular flexibility index (Phi) is 7.57. The van der Waals surface area contributed by atoms with E-state index >= 15 is 0 Å². The third-order valence-corrected chi connectivity index (χ3v) is 5.09. The first-order valence-electron chi connectivity index (χ1n) is 9.40. The number of aliphatic imine (C=N–C) groups is 1. The SMILES string of the molecule is CN=C(NCCc1cc(OC)ccc1OC)NC1CN(C(C)C)CC1C. The molecule has 1 heterocycles. The number of hydrogen-bond donors (Lipinski definition) is 2. The highest BCUT2D eigenvalue weighted by Gasteiger charge is 2.31. The van der Waals surface area contributed by atoms with Crippen molar-refractivity contribution in [2.45, 2.75) is 39.3 Å². The Balaban J connectivity index is 1.88. The van der Waals surface area contributed by atoms with Crippen molar-refractivity contribution in [3.8, 4) is 11.5 Å². The van der Waals surface area contributed by atoms with Gasteiger partial charge in [-0.1, -0.05) is 6.92 Å². The third kappa shape index (κ3) is 5.27. The van der Waals surface area contributed by atoms with Gasteiger partial charge in [-0.05, 0) is 49.9 Å². The van der Waals surface area contributed by atoms with Gasteiger partial charge in [0.05, 0.1) is 14.2 Å². The number of nitrogens with zero attached hydrogens (tertiary/aromatic N) is 2. The minimum absolute atomic E-state index is 0.426. The fourth-order valence-electron chi connectivity index (χ4n) is 3.38. The zero-order valence-electron chi connectivity index (χ0n) is 17.0. The monoisotopic (exact) mass is 362 g/mol. The lowest BCUT2D eigenvalue weighted by Gasteiger charge is -2.22. The maximum atomic E-state index is 5.45. The normalized spacial score (nSPS) is 21.1. The lowest BCUT2D eigenvalue weighted by molar-refractivity contribution is 0.265. The van der Waals surface area contributed by atoms with E-state index in [0.717, 1.165) is 49.1 Å². The van der Waals surface area contributed by atoms with Crippen LogP contribution >= 0.6 is 0 Å². The smallest absolute Gasteiger partial charge is 0.191 e. The van der Waals surface area contributed by atoms with Gasteiger partial charge in [-0.15, -0.1) is 0 Å². The van der Waals surface area contributed by atoms with Crippen LogP contribution in [0.25, 0.3) is 0 Å². The van der Waals surface area contributed by atoms with Gasteiger partial charge < -0.3 is 20.1 Å². The number of rotatable bonds is 7. The summed E-state index contributed by atoms with van der Waals surface area (Å²) in [6.45, 7) is 9.77. The minimum Gasteiger partial charge on any atom is -0.497 e. The Bertz CT molecular complexity index is 603. The van der Waals surface area contributed by atoms with Gasteiger partial charge in [0.15, 0.2) is 5.96 Å². The highest BCUT2D eigenvalue weighted by atomic mass is 16.5. The largest absolute Gasteiger partial charge is 0.497 e.